The van der Waals surface area contributed by atoms with E-state index in [-0.39, 0.29) is 9.90 Å². The van der Waals surface area contributed by atoms with Crippen LogP contribution in [-0.2, 0) is 0 Å². The van der Waals surface area contributed by atoms with E-state index >= 15 is 0 Å². The number of hydrogen-bond acceptors (Lipinski definition) is 1. The molecule has 1 atom stereocenters. The Morgan fingerprint density at radius 3 is 2.27 bits per heavy atom. The van der Waals surface area contributed by atoms with Crippen molar-refractivity contribution in [3.05, 3.63) is 19.8 Å². The summed E-state index contributed by atoms with van der Waals surface area (Å²) in [5.74, 6) is -4.27. The zero-order valence-electron chi connectivity index (χ0n) is 6.79. The molecule has 0 saturated heterocycles. The second-order valence-corrected chi connectivity index (χ2v) is 5.85. The molecule has 0 aliphatic carbocycles. The molecule has 0 aromatic carbocycles. The SMILES string of the molecule is FC(F)C(F)(F)C(Cl)c1cc(Cl)c(Br)s1. The van der Waals surface area contributed by atoms with E-state index in [2.05, 4.69) is 15.9 Å². The highest BCUT2D eigenvalue weighted by atomic mass is 79.9. The van der Waals surface area contributed by atoms with Gasteiger partial charge in [0.25, 0.3) is 0 Å². The number of rotatable bonds is 3. The molecule has 0 nitrogen and oxygen atoms in total. The maximum atomic E-state index is 12.8. The van der Waals surface area contributed by atoms with Crippen molar-refractivity contribution in [2.45, 2.75) is 17.7 Å². The second kappa shape index (κ2) is 4.77. The lowest BCUT2D eigenvalue weighted by Gasteiger charge is -2.19. The third-order valence-corrected chi connectivity index (χ3v) is 4.74. The first kappa shape index (κ1) is 13.5. The minimum Gasteiger partial charge on any atom is -0.204 e. The maximum Gasteiger partial charge on any atom is 0.328 e. The highest BCUT2D eigenvalue weighted by Gasteiger charge is 2.49. The van der Waals surface area contributed by atoms with Crippen molar-refractivity contribution < 1.29 is 17.6 Å². The summed E-state index contributed by atoms with van der Waals surface area (Å²) in [5.41, 5.74) is 0. The van der Waals surface area contributed by atoms with E-state index in [0.29, 0.717) is 3.79 Å². The van der Waals surface area contributed by atoms with E-state index in [1.54, 1.807) is 0 Å². The Hall–Kier alpha value is 0.480. The van der Waals surface area contributed by atoms with Crippen LogP contribution in [0.15, 0.2) is 9.85 Å². The van der Waals surface area contributed by atoms with E-state index < -0.39 is 17.7 Å². The van der Waals surface area contributed by atoms with Gasteiger partial charge in [-0.1, -0.05) is 11.6 Å². The minimum absolute atomic E-state index is 0.0983. The highest BCUT2D eigenvalue weighted by Crippen LogP contribution is 2.46. The van der Waals surface area contributed by atoms with Crippen molar-refractivity contribution in [2.75, 3.05) is 0 Å². The standard InChI is InChI=1S/C7H3BrCl2F4S/c8-5-2(9)1-3(15-5)4(10)7(13,14)6(11)12/h1,4,6H. The van der Waals surface area contributed by atoms with Gasteiger partial charge in [0.05, 0.1) is 8.81 Å². The van der Waals surface area contributed by atoms with Crippen LogP contribution in [0.5, 0.6) is 0 Å². The summed E-state index contributed by atoms with van der Waals surface area (Å²) in [6.07, 6.45) is -3.81. The van der Waals surface area contributed by atoms with Crippen molar-refractivity contribution in [2.24, 2.45) is 0 Å². The zero-order valence-corrected chi connectivity index (χ0v) is 10.7. The van der Waals surface area contributed by atoms with E-state index in [0.717, 1.165) is 17.4 Å². The van der Waals surface area contributed by atoms with E-state index in [4.69, 9.17) is 23.2 Å². The lowest BCUT2D eigenvalue weighted by Crippen LogP contribution is -2.31. The van der Waals surface area contributed by atoms with Gasteiger partial charge >= 0.3 is 12.3 Å². The first-order valence-electron chi connectivity index (χ1n) is 3.51. The molecule has 0 radical (unpaired) electrons. The van der Waals surface area contributed by atoms with Crippen molar-refractivity contribution in [1.29, 1.82) is 0 Å². The van der Waals surface area contributed by atoms with Gasteiger partial charge in [-0.15, -0.1) is 22.9 Å². The summed E-state index contributed by atoms with van der Waals surface area (Å²) in [7, 11) is 0. The average Bonchev–Trinajstić information content (AvgIpc) is 2.45. The van der Waals surface area contributed by atoms with Crippen LogP contribution in [0.1, 0.15) is 10.3 Å². The van der Waals surface area contributed by atoms with Gasteiger partial charge in [0, 0.05) is 4.88 Å². The van der Waals surface area contributed by atoms with Crippen LogP contribution in [-0.4, -0.2) is 12.3 Å². The fourth-order valence-electron chi connectivity index (χ4n) is 0.789. The molecule has 1 rings (SSSR count). The van der Waals surface area contributed by atoms with Gasteiger partial charge in [0.15, 0.2) is 0 Å². The third kappa shape index (κ3) is 2.78. The largest absolute Gasteiger partial charge is 0.328 e. The van der Waals surface area contributed by atoms with Gasteiger partial charge in [-0.25, -0.2) is 8.78 Å². The Morgan fingerprint density at radius 1 is 1.40 bits per heavy atom. The predicted molar refractivity (Wildman–Crippen MR) is 56.6 cm³/mol. The number of halogens is 7. The van der Waals surface area contributed by atoms with Crippen LogP contribution < -0.4 is 0 Å². The Bertz CT molecular complexity index is 335. The molecule has 0 aliphatic rings. The topological polar surface area (TPSA) is 0 Å². The molecule has 0 saturated carbocycles. The highest BCUT2D eigenvalue weighted by molar-refractivity contribution is 9.11. The Kier molecular flexibility index (Phi) is 4.31. The maximum absolute atomic E-state index is 12.8. The van der Waals surface area contributed by atoms with Crippen LogP contribution in [0, 0.1) is 0 Å². The van der Waals surface area contributed by atoms with Crippen molar-refractivity contribution in [3.63, 3.8) is 0 Å². The fourth-order valence-corrected chi connectivity index (χ4v) is 2.85. The van der Waals surface area contributed by atoms with Crippen molar-refractivity contribution in [1.82, 2.24) is 0 Å². The molecule has 0 aliphatic heterocycles. The van der Waals surface area contributed by atoms with Gasteiger partial charge in [0.1, 0.15) is 5.38 Å². The Labute approximate surface area is 105 Å². The van der Waals surface area contributed by atoms with Crippen LogP contribution >= 0.6 is 50.5 Å². The van der Waals surface area contributed by atoms with Crippen LogP contribution in [0.2, 0.25) is 5.02 Å². The van der Waals surface area contributed by atoms with Crippen LogP contribution in [0.3, 0.4) is 0 Å². The normalized spacial score (nSPS) is 14.7. The molecule has 1 unspecified atom stereocenters. The monoisotopic (exact) mass is 344 g/mol. The first-order valence-corrected chi connectivity index (χ1v) is 5.94. The number of alkyl halides is 5. The lowest BCUT2D eigenvalue weighted by atomic mass is 10.2. The molecule has 0 bridgehead atoms. The smallest absolute Gasteiger partial charge is 0.204 e. The zero-order chi connectivity index (χ0) is 11.8. The summed E-state index contributed by atoms with van der Waals surface area (Å²) >= 11 is 14.6. The van der Waals surface area contributed by atoms with E-state index in [1.165, 1.54) is 0 Å². The Morgan fingerprint density at radius 2 is 1.93 bits per heavy atom. The van der Waals surface area contributed by atoms with Gasteiger partial charge < -0.3 is 0 Å². The predicted octanol–water partition coefficient (Wildman–Crippen LogP) is 5.34. The van der Waals surface area contributed by atoms with Crippen molar-refractivity contribution >= 4 is 50.5 Å². The Balaban J connectivity index is 2.99. The van der Waals surface area contributed by atoms with Crippen LogP contribution in [0.25, 0.3) is 0 Å². The second-order valence-electron chi connectivity index (χ2n) is 2.61. The molecule has 15 heavy (non-hydrogen) atoms. The molecule has 1 heterocycles. The molecule has 8 heteroatoms. The van der Waals surface area contributed by atoms with Gasteiger partial charge in [-0.05, 0) is 22.0 Å². The molecule has 0 spiro atoms. The third-order valence-electron chi connectivity index (χ3n) is 1.54. The summed E-state index contributed by atoms with van der Waals surface area (Å²) in [4.78, 5) is -0.0983. The van der Waals surface area contributed by atoms with E-state index in [9.17, 15) is 17.6 Å². The molecule has 0 fully saturated rings. The van der Waals surface area contributed by atoms with Gasteiger partial charge in [-0.3, -0.25) is 0 Å². The molecule has 1 aromatic rings. The average molecular weight is 346 g/mol. The summed E-state index contributed by atoms with van der Waals surface area (Å²) in [6, 6.07) is 1.14. The number of thiophene rings is 1. The lowest BCUT2D eigenvalue weighted by molar-refractivity contribution is -0.130. The van der Waals surface area contributed by atoms with Crippen molar-refractivity contribution in [3.8, 4) is 0 Å². The minimum atomic E-state index is -4.27. The van der Waals surface area contributed by atoms with E-state index in [1.807, 2.05) is 0 Å². The van der Waals surface area contributed by atoms with Crippen LogP contribution in [0.4, 0.5) is 17.6 Å². The molecule has 0 N–H and O–H groups in total. The summed E-state index contributed by atoms with van der Waals surface area (Å²) in [6.45, 7) is 0. The molecule has 86 valence electrons. The molecule has 0 amide bonds. The fraction of sp³-hybridized carbons (Fsp3) is 0.429. The molecule has 1 aromatic heterocycles. The van der Waals surface area contributed by atoms with Gasteiger partial charge in [0.2, 0.25) is 0 Å². The number of hydrogen-bond donors (Lipinski definition) is 0. The van der Waals surface area contributed by atoms with Gasteiger partial charge in [-0.2, -0.15) is 8.78 Å². The summed E-state index contributed by atoms with van der Waals surface area (Å²) < 4.78 is 50.0. The quantitative estimate of drug-likeness (QED) is 0.512. The molecular formula is C7H3BrCl2F4S. The first-order chi connectivity index (χ1) is 6.76. The molecular weight excluding hydrogens is 343 g/mol. The summed E-state index contributed by atoms with van der Waals surface area (Å²) in [5, 5.41) is -1.91.